The fourth-order valence-electron chi connectivity index (χ4n) is 1.79. The van der Waals surface area contributed by atoms with Crippen LogP contribution in [0.25, 0.3) is 0 Å². The summed E-state index contributed by atoms with van der Waals surface area (Å²) in [5, 5.41) is 2.73. The molecule has 0 fully saturated rings. The Morgan fingerprint density at radius 1 is 1.15 bits per heavy atom. The summed E-state index contributed by atoms with van der Waals surface area (Å²) in [6.07, 6.45) is 0. The van der Waals surface area contributed by atoms with Crippen molar-refractivity contribution in [1.82, 2.24) is 0 Å². The fraction of sp³-hybridized carbons (Fsp3) is 0.133. The number of rotatable bonds is 3. The smallest absolute Gasteiger partial charge is 0.255 e. The number of hydrogen-bond donors (Lipinski definition) is 1. The lowest BCUT2D eigenvalue weighted by atomic mass is 10.2. The molecule has 0 saturated carbocycles. The van der Waals surface area contributed by atoms with Crippen LogP contribution in [0.4, 0.5) is 15.8 Å². The van der Waals surface area contributed by atoms with Crippen molar-refractivity contribution in [3.8, 4) is 0 Å². The number of halogens is 2. The van der Waals surface area contributed by atoms with Gasteiger partial charge in [-0.1, -0.05) is 15.9 Å². The van der Waals surface area contributed by atoms with Crippen molar-refractivity contribution in [1.29, 1.82) is 0 Å². The highest BCUT2D eigenvalue weighted by molar-refractivity contribution is 9.10. The van der Waals surface area contributed by atoms with Crippen LogP contribution in [0.3, 0.4) is 0 Å². The van der Waals surface area contributed by atoms with Gasteiger partial charge in [0.1, 0.15) is 5.82 Å². The third-order valence-electron chi connectivity index (χ3n) is 2.80. The minimum Gasteiger partial charge on any atom is -0.376 e. The molecule has 0 bridgehead atoms. The SMILES string of the molecule is CN(C)c1ccc(F)cc1NC(=O)c1ccc(Br)cc1. The van der Waals surface area contributed by atoms with Crippen LogP contribution in [-0.4, -0.2) is 20.0 Å². The van der Waals surface area contributed by atoms with Crippen molar-refractivity contribution in [2.24, 2.45) is 0 Å². The van der Waals surface area contributed by atoms with Gasteiger partial charge in [-0.3, -0.25) is 4.79 Å². The molecule has 3 nitrogen and oxygen atoms in total. The highest BCUT2D eigenvalue weighted by Gasteiger charge is 2.11. The zero-order chi connectivity index (χ0) is 14.7. The van der Waals surface area contributed by atoms with Gasteiger partial charge in [-0.15, -0.1) is 0 Å². The zero-order valence-electron chi connectivity index (χ0n) is 11.2. The van der Waals surface area contributed by atoms with Crippen LogP contribution < -0.4 is 10.2 Å². The number of amides is 1. The van der Waals surface area contributed by atoms with E-state index < -0.39 is 0 Å². The van der Waals surface area contributed by atoms with E-state index >= 15 is 0 Å². The Morgan fingerprint density at radius 2 is 1.80 bits per heavy atom. The molecule has 2 aromatic rings. The van der Waals surface area contributed by atoms with Crippen LogP contribution in [-0.2, 0) is 0 Å². The minimum absolute atomic E-state index is 0.272. The van der Waals surface area contributed by atoms with Crippen LogP contribution in [0.15, 0.2) is 46.9 Å². The Hall–Kier alpha value is -1.88. The molecular weight excluding hydrogens is 323 g/mol. The van der Waals surface area contributed by atoms with E-state index in [1.807, 2.05) is 19.0 Å². The molecule has 0 heterocycles. The monoisotopic (exact) mass is 336 g/mol. The Morgan fingerprint density at radius 3 is 2.40 bits per heavy atom. The van der Waals surface area contributed by atoms with E-state index in [0.29, 0.717) is 11.3 Å². The standard InChI is InChI=1S/C15H14BrFN2O/c1-19(2)14-8-7-12(17)9-13(14)18-15(20)10-3-5-11(16)6-4-10/h3-9H,1-2H3,(H,18,20). The topological polar surface area (TPSA) is 32.3 Å². The van der Waals surface area contributed by atoms with Crippen molar-refractivity contribution in [3.05, 3.63) is 58.3 Å². The molecule has 0 aliphatic rings. The number of benzene rings is 2. The zero-order valence-corrected chi connectivity index (χ0v) is 12.7. The van der Waals surface area contributed by atoms with Crippen molar-refractivity contribution in [2.75, 3.05) is 24.3 Å². The lowest BCUT2D eigenvalue weighted by Crippen LogP contribution is -2.16. The summed E-state index contributed by atoms with van der Waals surface area (Å²) in [6, 6.07) is 11.3. The Balaban J connectivity index is 2.27. The van der Waals surface area contributed by atoms with E-state index in [-0.39, 0.29) is 11.7 Å². The molecule has 0 spiro atoms. The minimum atomic E-state index is -0.387. The summed E-state index contributed by atoms with van der Waals surface area (Å²) in [5.41, 5.74) is 1.71. The van der Waals surface area contributed by atoms with Crippen molar-refractivity contribution in [2.45, 2.75) is 0 Å². The van der Waals surface area contributed by atoms with Gasteiger partial charge in [-0.25, -0.2) is 4.39 Å². The molecule has 20 heavy (non-hydrogen) atoms. The van der Waals surface area contributed by atoms with E-state index in [2.05, 4.69) is 21.2 Å². The maximum absolute atomic E-state index is 13.3. The molecule has 0 radical (unpaired) electrons. The average Bonchev–Trinajstić information content (AvgIpc) is 2.39. The van der Waals surface area contributed by atoms with Crippen LogP contribution in [0, 0.1) is 5.82 Å². The quantitative estimate of drug-likeness (QED) is 0.921. The number of hydrogen-bond acceptors (Lipinski definition) is 2. The fourth-order valence-corrected chi connectivity index (χ4v) is 2.06. The molecule has 5 heteroatoms. The first-order valence-electron chi connectivity index (χ1n) is 6.01. The van der Waals surface area contributed by atoms with Crippen LogP contribution in [0.5, 0.6) is 0 Å². The van der Waals surface area contributed by atoms with Gasteiger partial charge in [-0.05, 0) is 42.5 Å². The van der Waals surface area contributed by atoms with Gasteiger partial charge in [0.15, 0.2) is 0 Å². The number of carbonyl (C=O) groups excluding carboxylic acids is 1. The molecule has 0 atom stereocenters. The molecule has 0 aromatic heterocycles. The van der Waals surface area contributed by atoms with Gasteiger partial charge < -0.3 is 10.2 Å². The lowest BCUT2D eigenvalue weighted by molar-refractivity contribution is 0.102. The second kappa shape index (κ2) is 6.05. The Bertz CT molecular complexity index is 626. The van der Waals surface area contributed by atoms with Crippen LogP contribution >= 0.6 is 15.9 Å². The molecule has 2 rings (SSSR count). The maximum Gasteiger partial charge on any atom is 0.255 e. The second-order valence-electron chi connectivity index (χ2n) is 4.52. The molecule has 2 aromatic carbocycles. The first kappa shape index (κ1) is 14.5. The Kier molecular flexibility index (Phi) is 4.39. The molecular formula is C15H14BrFN2O. The molecule has 104 valence electrons. The lowest BCUT2D eigenvalue weighted by Gasteiger charge is -2.18. The molecule has 0 saturated heterocycles. The largest absolute Gasteiger partial charge is 0.376 e. The van der Waals surface area contributed by atoms with Gasteiger partial charge in [0.2, 0.25) is 0 Å². The van der Waals surface area contributed by atoms with Crippen molar-refractivity contribution in [3.63, 3.8) is 0 Å². The summed E-state index contributed by atoms with van der Waals surface area (Å²) >= 11 is 3.31. The predicted octanol–water partition coefficient (Wildman–Crippen LogP) is 3.91. The van der Waals surface area contributed by atoms with E-state index in [9.17, 15) is 9.18 Å². The highest BCUT2D eigenvalue weighted by atomic mass is 79.9. The van der Waals surface area contributed by atoms with E-state index in [1.165, 1.54) is 12.1 Å². The third kappa shape index (κ3) is 3.36. The number of carbonyl (C=O) groups is 1. The van der Waals surface area contributed by atoms with Gasteiger partial charge >= 0.3 is 0 Å². The highest BCUT2D eigenvalue weighted by Crippen LogP contribution is 2.25. The molecule has 0 aliphatic carbocycles. The van der Waals surface area contributed by atoms with E-state index in [1.54, 1.807) is 30.3 Å². The van der Waals surface area contributed by atoms with E-state index in [4.69, 9.17) is 0 Å². The molecule has 0 aliphatic heterocycles. The normalized spacial score (nSPS) is 10.2. The van der Waals surface area contributed by atoms with Gasteiger partial charge in [0, 0.05) is 24.1 Å². The molecule has 1 amide bonds. The van der Waals surface area contributed by atoms with Gasteiger partial charge in [0.05, 0.1) is 11.4 Å². The molecule has 0 unspecified atom stereocenters. The summed E-state index contributed by atoms with van der Waals surface area (Å²) in [4.78, 5) is 14.0. The predicted molar refractivity (Wildman–Crippen MR) is 82.8 cm³/mol. The summed E-state index contributed by atoms with van der Waals surface area (Å²) in [5.74, 6) is -0.659. The number of anilines is 2. The van der Waals surface area contributed by atoms with Gasteiger partial charge in [-0.2, -0.15) is 0 Å². The van der Waals surface area contributed by atoms with Gasteiger partial charge in [0.25, 0.3) is 5.91 Å². The van der Waals surface area contributed by atoms with Crippen molar-refractivity contribution < 1.29 is 9.18 Å². The number of nitrogens with one attached hydrogen (secondary N) is 1. The number of nitrogens with zero attached hydrogens (tertiary/aromatic N) is 1. The first-order valence-corrected chi connectivity index (χ1v) is 6.80. The van der Waals surface area contributed by atoms with Crippen LogP contribution in [0.1, 0.15) is 10.4 Å². The third-order valence-corrected chi connectivity index (χ3v) is 3.32. The maximum atomic E-state index is 13.3. The molecule has 1 N–H and O–H groups in total. The van der Waals surface area contributed by atoms with E-state index in [0.717, 1.165) is 10.2 Å². The summed E-state index contributed by atoms with van der Waals surface area (Å²) in [7, 11) is 3.67. The summed E-state index contributed by atoms with van der Waals surface area (Å²) in [6.45, 7) is 0. The Labute approximate surface area is 125 Å². The second-order valence-corrected chi connectivity index (χ2v) is 5.43. The van der Waals surface area contributed by atoms with Crippen LogP contribution in [0.2, 0.25) is 0 Å². The summed E-state index contributed by atoms with van der Waals surface area (Å²) < 4.78 is 14.2. The van der Waals surface area contributed by atoms with Crippen molar-refractivity contribution >= 4 is 33.2 Å². The first-order chi connectivity index (χ1) is 9.47. The average molecular weight is 337 g/mol.